The van der Waals surface area contributed by atoms with Crippen molar-refractivity contribution in [1.29, 1.82) is 0 Å². The third-order valence-electron chi connectivity index (χ3n) is 4.38. The molecule has 146 valence electrons. The van der Waals surface area contributed by atoms with Crippen LogP contribution in [0.4, 0.5) is 10.8 Å². The fraction of sp³-hybridized carbons (Fsp3) is 0.286. The van der Waals surface area contributed by atoms with E-state index in [9.17, 15) is 0 Å². The predicted molar refractivity (Wildman–Crippen MR) is 116 cm³/mol. The summed E-state index contributed by atoms with van der Waals surface area (Å²) < 4.78 is 10.9. The SMILES string of the molecule is CC(C)(C)c1nc(Nc2ccc(Cl)c(Cl)c2)sc1Cc1ccc2c(c1)OCO2. The van der Waals surface area contributed by atoms with E-state index < -0.39 is 0 Å². The highest BCUT2D eigenvalue weighted by atomic mass is 35.5. The monoisotopic (exact) mass is 434 g/mol. The highest BCUT2D eigenvalue weighted by Gasteiger charge is 2.24. The van der Waals surface area contributed by atoms with Crippen LogP contribution in [0.5, 0.6) is 11.5 Å². The molecule has 0 amide bonds. The molecule has 1 N–H and O–H groups in total. The maximum atomic E-state index is 6.13. The Hall–Kier alpha value is -1.95. The van der Waals surface area contributed by atoms with Gasteiger partial charge in [-0.25, -0.2) is 4.98 Å². The molecular weight excluding hydrogens is 415 g/mol. The van der Waals surface area contributed by atoms with Crippen molar-refractivity contribution in [3.63, 3.8) is 0 Å². The van der Waals surface area contributed by atoms with Crippen molar-refractivity contribution in [1.82, 2.24) is 4.98 Å². The normalized spacial score (nSPS) is 13.0. The van der Waals surface area contributed by atoms with Crippen molar-refractivity contribution in [2.75, 3.05) is 12.1 Å². The predicted octanol–water partition coefficient (Wildman–Crippen LogP) is 6.81. The van der Waals surface area contributed by atoms with Gasteiger partial charge in [-0.1, -0.05) is 50.0 Å². The Morgan fingerprint density at radius 2 is 1.82 bits per heavy atom. The number of fused-ring (bicyclic) bond motifs is 1. The van der Waals surface area contributed by atoms with Crippen LogP contribution in [0, 0.1) is 0 Å². The fourth-order valence-corrected chi connectivity index (χ4v) is 4.57. The number of aromatic nitrogens is 1. The standard InChI is InChI=1S/C21H20Cl2N2O2S/c1-21(2,3)19-18(9-12-4-7-16-17(8-12)27-11-26-16)28-20(25-19)24-13-5-6-14(22)15(23)10-13/h4-8,10H,9,11H2,1-3H3,(H,24,25). The molecule has 1 aliphatic rings. The van der Waals surface area contributed by atoms with Gasteiger partial charge in [0.05, 0.1) is 15.7 Å². The largest absolute Gasteiger partial charge is 0.454 e. The van der Waals surface area contributed by atoms with Crippen molar-refractivity contribution in [3.05, 3.63) is 62.6 Å². The van der Waals surface area contributed by atoms with Gasteiger partial charge < -0.3 is 14.8 Å². The first-order valence-corrected chi connectivity index (χ1v) is 10.5. The number of rotatable bonds is 4. The van der Waals surface area contributed by atoms with Crippen LogP contribution in [-0.2, 0) is 11.8 Å². The van der Waals surface area contributed by atoms with Gasteiger partial charge in [-0.15, -0.1) is 11.3 Å². The molecule has 0 spiro atoms. The number of halogens is 2. The Balaban J connectivity index is 1.63. The second kappa shape index (κ2) is 7.47. The molecule has 0 atom stereocenters. The van der Waals surface area contributed by atoms with Gasteiger partial charge in [0.25, 0.3) is 0 Å². The number of hydrogen-bond acceptors (Lipinski definition) is 5. The molecule has 0 saturated heterocycles. The molecular formula is C21H20Cl2N2O2S. The van der Waals surface area contributed by atoms with E-state index in [-0.39, 0.29) is 12.2 Å². The molecule has 0 bridgehead atoms. The first kappa shape index (κ1) is 19.4. The Morgan fingerprint density at radius 3 is 2.57 bits per heavy atom. The quantitative estimate of drug-likeness (QED) is 0.489. The third-order valence-corrected chi connectivity index (χ3v) is 6.09. The lowest BCUT2D eigenvalue weighted by Crippen LogP contribution is -2.14. The van der Waals surface area contributed by atoms with Crippen LogP contribution in [0.15, 0.2) is 36.4 Å². The van der Waals surface area contributed by atoms with E-state index in [0.717, 1.165) is 34.4 Å². The van der Waals surface area contributed by atoms with E-state index in [2.05, 4.69) is 32.2 Å². The lowest BCUT2D eigenvalue weighted by molar-refractivity contribution is 0.174. The van der Waals surface area contributed by atoms with Gasteiger partial charge in [-0.2, -0.15) is 0 Å². The molecule has 1 aliphatic heterocycles. The third kappa shape index (κ3) is 4.07. The van der Waals surface area contributed by atoms with Gasteiger partial charge >= 0.3 is 0 Å². The van der Waals surface area contributed by atoms with Crippen molar-refractivity contribution in [2.24, 2.45) is 0 Å². The van der Waals surface area contributed by atoms with Crippen LogP contribution >= 0.6 is 34.5 Å². The number of anilines is 2. The average molecular weight is 435 g/mol. The molecule has 4 rings (SSSR count). The lowest BCUT2D eigenvalue weighted by atomic mass is 9.90. The summed E-state index contributed by atoms with van der Waals surface area (Å²) in [5.41, 5.74) is 3.04. The minimum Gasteiger partial charge on any atom is -0.454 e. The topological polar surface area (TPSA) is 43.4 Å². The Labute approximate surface area is 178 Å². The van der Waals surface area contributed by atoms with E-state index in [1.807, 2.05) is 18.2 Å². The van der Waals surface area contributed by atoms with Crippen LogP contribution in [0.25, 0.3) is 0 Å². The summed E-state index contributed by atoms with van der Waals surface area (Å²) in [6.45, 7) is 6.81. The molecule has 0 radical (unpaired) electrons. The Bertz CT molecular complexity index is 1030. The van der Waals surface area contributed by atoms with Crippen molar-refractivity contribution in [3.8, 4) is 11.5 Å². The molecule has 2 aromatic carbocycles. The zero-order valence-electron chi connectivity index (χ0n) is 15.8. The molecule has 7 heteroatoms. The van der Waals surface area contributed by atoms with Gasteiger partial charge in [0, 0.05) is 22.4 Å². The molecule has 28 heavy (non-hydrogen) atoms. The number of nitrogens with zero attached hydrogens (tertiary/aromatic N) is 1. The number of nitrogens with one attached hydrogen (secondary N) is 1. The van der Waals surface area contributed by atoms with Crippen molar-refractivity contribution in [2.45, 2.75) is 32.6 Å². The molecule has 4 nitrogen and oxygen atoms in total. The average Bonchev–Trinajstić information content (AvgIpc) is 3.24. The smallest absolute Gasteiger partial charge is 0.231 e. The number of thiazole rings is 1. The molecule has 0 aliphatic carbocycles. The zero-order chi connectivity index (χ0) is 19.9. The van der Waals surface area contributed by atoms with Gasteiger partial charge in [-0.05, 0) is 35.9 Å². The van der Waals surface area contributed by atoms with Gasteiger partial charge in [-0.3, -0.25) is 0 Å². The van der Waals surface area contributed by atoms with Gasteiger partial charge in [0.2, 0.25) is 6.79 Å². The number of ether oxygens (including phenoxy) is 2. The second-order valence-corrected chi connectivity index (χ2v) is 9.56. The van der Waals surface area contributed by atoms with Crippen LogP contribution in [0.3, 0.4) is 0 Å². The molecule has 2 heterocycles. The molecule has 1 aromatic heterocycles. The summed E-state index contributed by atoms with van der Waals surface area (Å²) >= 11 is 13.8. The van der Waals surface area contributed by atoms with Crippen LogP contribution < -0.4 is 14.8 Å². The fourth-order valence-electron chi connectivity index (χ4n) is 3.04. The van der Waals surface area contributed by atoms with E-state index >= 15 is 0 Å². The lowest BCUT2D eigenvalue weighted by Gasteiger charge is -2.17. The van der Waals surface area contributed by atoms with E-state index in [0.29, 0.717) is 10.0 Å². The molecule has 0 saturated carbocycles. The molecule has 0 unspecified atom stereocenters. The summed E-state index contributed by atoms with van der Waals surface area (Å²) in [5, 5.41) is 5.23. The first-order valence-electron chi connectivity index (χ1n) is 8.90. The van der Waals surface area contributed by atoms with Gasteiger partial charge in [0.1, 0.15) is 0 Å². The van der Waals surface area contributed by atoms with Crippen LogP contribution in [0.1, 0.15) is 36.9 Å². The van der Waals surface area contributed by atoms with Crippen LogP contribution in [0.2, 0.25) is 10.0 Å². The molecule has 0 fully saturated rings. The van der Waals surface area contributed by atoms with Crippen LogP contribution in [-0.4, -0.2) is 11.8 Å². The minimum absolute atomic E-state index is 0.0697. The summed E-state index contributed by atoms with van der Waals surface area (Å²) in [6.07, 6.45) is 0.782. The Morgan fingerprint density at radius 1 is 1.04 bits per heavy atom. The zero-order valence-corrected chi connectivity index (χ0v) is 18.1. The number of benzene rings is 2. The van der Waals surface area contributed by atoms with Gasteiger partial charge in [0.15, 0.2) is 16.6 Å². The van der Waals surface area contributed by atoms with Crippen molar-refractivity contribution >= 4 is 45.4 Å². The molecule has 3 aromatic rings. The first-order chi connectivity index (χ1) is 13.3. The maximum absolute atomic E-state index is 6.13. The highest BCUT2D eigenvalue weighted by molar-refractivity contribution is 7.15. The van der Waals surface area contributed by atoms with E-state index in [1.165, 1.54) is 10.4 Å². The summed E-state index contributed by atoms with van der Waals surface area (Å²) in [5.74, 6) is 1.60. The summed E-state index contributed by atoms with van der Waals surface area (Å²) in [7, 11) is 0. The summed E-state index contributed by atoms with van der Waals surface area (Å²) in [6, 6.07) is 11.6. The Kier molecular flexibility index (Phi) is 5.17. The summed E-state index contributed by atoms with van der Waals surface area (Å²) in [4.78, 5) is 6.09. The maximum Gasteiger partial charge on any atom is 0.231 e. The minimum atomic E-state index is -0.0697. The van der Waals surface area contributed by atoms with Crippen molar-refractivity contribution < 1.29 is 9.47 Å². The van der Waals surface area contributed by atoms with E-state index in [4.69, 9.17) is 37.7 Å². The number of hydrogen-bond donors (Lipinski definition) is 1. The highest BCUT2D eigenvalue weighted by Crippen LogP contribution is 2.38. The van der Waals surface area contributed by atoms with E-state index in [1.54, 1.807) is 23.5 Å². The second-order valence-electron chi connectivity index (χ2n) is 7.66.